The molecule has 0 saturated carbocycles. The first-order valence-electron chi connectivity index (χ1n) is 6.08. The minimum absolute atomic E-state index is 0.205. The van der Waals surface area contributed by atoms with Crippen molar-refractivity contribution in [3.8, 4) is 0 Å². The lowest BCUT2D eigenvalue weighted by Gasteiger charge is -2.20. The molecule has 0 spiro atoms. The highest BCUT2D eigenvalue weighted by molar-refractivity contribution is 5.73. The highest BCUT2D eigenvalue weighted by Gasteiger charge is 2.29. The van der Waals surface area contributed by atoms with Gasteiger partial charge in [0.15, 0.2) is 0 Å². The highest BCUT2D eigenvalue weighted by atomic mass is 16.4. The van der Waals surface area contributed by atoms with Gasteiger partial charge in [-0.15, -0.1) is 0 Å². The first-order valence-corrected chi connectivity index (χ1v) is 6.08. The van der Waals surface area contributed by atoms with Gasteiger partial charge in [0.25, 0.3) is 0 Å². The zero-order valence-electron chi connectivity index (χ0n) is 9.91. The molecule has 0 bridgehead atoms. The van der Waals surface area contributed by atoms with E-state index in [1.807, 2.05) is 0 Å². The Morgan fingerprint density at radius 3 is 2.80 bits per heavy atom. The van der Waals surface area contributed by atoms with Crippen molar-refractivity contribution < 1.29 is 9.90 Å². The fourth-order valence-electron chi connectivity index (χ4n) is 2.24. The summed E-state index contributed by atoms with van der Waals surface area (Å²) >= 11 is 0. The summed E-state index contributed by atoms with van der Waals surface area (Å²) in [4.78, 5) is 13.0. The van der Waals surface area contributed by atoms with E-state index in [0.717, 1.165) is 38.3 Å². The number of carboxylic acid groups (broad SMARTS) is 1. The van der Waals surface area contributed by atoms with Crippen molar-refractivity contribution >= 4 is 5.97 Å². The summed E-state index contributed by atoms with van der Waals surface area (Å²) in [6.45, 7) is 6.40. The number of carbonyl (C=O) groups is 1. The maximum Gasteiger partial charge on any atom is 0.320 e. The molecule has 1 unspecified atom stereocenters. The average molecular weight is 213 g/mol. The van der Waals surface area contributed by atoms with Crippen LogP contribution in [0.4, 0.5) is 0 Å². The van der Waals surface area contributed by atoms with Crippen LogP contribution in [0.3, 0.4) is 0 Å². The smallest absolute Gasteiger partial charge is 0.320 e. The largest absolute Gasteiger partial charge is 0.480 e. The lowest BCUT2D eigenvalue weighted by Crippen LogP contribution is -2.36. The van der Waals surface area contributed by atoms with Crippen molar-refractivity contribution in [1.29, 1.82) is 0 Å². The van der Waals surface area contributed by atoms with Crippen LogP contribution in [0.2, 0.25) is 0 Å². The number of aliphatic carboxylic acids is 1. The second-order valence-electron chi connectivity index (χ2n) is 4.92. The van der Waals surface area contributed by atoms with E-state index in [2.05, 4.69) is 18.7 Å². The number of carboxylic acids is 1. The summed E-state index contributed by atoms with van der Waals surface area (Å²) < 4.78 is 0. The minimum Gasteiger partial charge on any atom is -0.480 e. The summed E-state index contributed by atoms with van der Waals surface area (Å²) in [5, 5.41) is 8.99. The van der Waals surface area contributed by atoms with Crippen LogP contribution in [0.5, 0.6) is 0 Å². The number of rotatable bonds is 6. The second-order valence-corrected chi connectivity index (χ2v) is 4.92. The van der Waals surface area contributed by atoms with Crippen molar-refractivity contribution in [2.24, 2.45) is 5.92 Å². The molecule has 0 aromatic heterocycles. The lowest BCUT2D eigenvalue weighted by molar-refractivity contribution is -0.142. The molecule has 3 nitrogen and oxygen atoms in total. The SMILES string of the molecule is CC(C)CCCCN1CCCC1C(=O)O. The van der Waals surface area contributed by atoms with Crippen LogP contribution < -0.4 is 0 Å². The van der Waals surface area contributed by atoms with E-state index < -0.39 is 5.97 Å². The van der Waals surface area contributed by atoms with Crippen molar-refractivity contribution in [3.05, 3.63) is 0 Å². The van der Waals surface area contributed by atoms with Crippen LogP contribution in [0.1, 0.15) is 46.0 Å². The van der Waals surface area contributed by atoms with Gasteiger partial charge in [-0.05, 0) is 38.3 Å². The molecule has 1 N–H and O–H groups in total. The molecule has 0 aromatic carbocycles. The van der Waals surface area contributed by atoms with Gasteiger partial charge in [0.1, 0.15) is 6.04 Å². The first kappa shape index (κ1) is 12.5. The van der Waals surface area contributed by atoms with Crippen LogP contribution in [-0.4, -0.2) is 35.1 Å². The number of nitrogens with zero attached hydrogens (tertiary/aromatic N) is 1. The molecule has 1 saturated heterocycles. The number of unbranched alkanes of at least 4 members (excludes halogenated alkanes) is 1. The lowest BCUT2D eigenvalue weighted by atomic mass is 10.1. The van der Waals surface area contributed by atoms with Crippen LogP contribution in [-0.2, 0) is 4.79 Å². The number of hydrogen-bond donors (Lipinski definition) is 1. The molecule has 1 atom stereocenters. The Morgan fingerprint density at radius 2 is 2.20 bits per heavy atom. The molecule has 0 radical (unpaired) electrons. The molecule has 3 heteroatoms. The molecule has 1 heterocycles. The summed E-state index contributed by atoms with van der Waals surface area (Å²) in [6, 6.07) is -0.205. The average Bonchev–Trinajstić information content (AvgIpc) is 2.60. The fraction of sp³-hybridized carbons (Fsp3) is 0.917. The van der Waals surface area contributed by atoms with Crippen molar-refractivity contribution in [1.82, 2.24) is 4.90 Å². The van der Waals surface area contributed by atoms with Crippen LogP contribution in [0.15, 0.2) is 0 Å². The van der Waals surface area contributed by atoms with Gasteiger partial charge in [0.2, 0.25) is 0 Å². The van der Waals surface area contributed by atoms with Crippen molar-refractivity contribution in [2.45, 2.75) is 52.0 Å². The van der Waals surface area contributed by atoms with Crippen LogP contribution in [0, 0.1) is 5.92 Å². The molecule has 88 valence electrons. The first-order chi connectivity index (χ1) is 7.11. The van der Waals surface area contributed by atoms with E-state index in [0.29, 0.717) is 0 Å². The Bertz CT molecular complexity index is 204. The molecule has 1 aliphatic rings. The molecule has 1 fully saturated rings. The zero-order valence-corrected chi connectivity index (χ0v) is 9.91. The van der Waals surface area contributed by atoms with E-state index in [1.165, 1.54) is 12.8 Å². The Balaban J connectivity index is 2.17. The Kier molecular flexibility index (Phi) is 5.09. The molecule has 0 amide bonds. The van der Waals surface area contributed by atoms with Crippen LogP contribution in [0.25, 0.3) is 0 Å². The van der Waals surface area contributed by atoms with Gasteiger partial charge < -0.3 is 5.11 Å². The zero-order chi connectivity index (χ0) is 11.3. The third-order valence-corrected chi connectivity index (χ3v) is 3.13. The molecule has 0 aliphatic carbocycles. The monoisotopic (exact) mass is 213 g/mol. The third-order valence-electron chi connectivity index (χ3n) is 3.13. The van der Waals surface area contributed by atoms with Gasteiger partial charge in [0.05, 0.1) is 0 Å². The standard InChI is InChI=1S/C12H23NO2/c1-10(2)6-3-4-8-13-9-5-7-11(13)12(14)15/h10-11H,3-9H2,1-2H3,(H,14,15). The minimum atomic E-state index is -0.642. The summed E-state index contributed by atoms with van der Waals surface area (Å²) in [7, 11) is 0. The van der Waals surface area contributed by atoms with E-state index in [4.69, 9.17) is 5.11 Å². The highest BCUT2D eigenvalue weighted by Crippen LogP contribution is 2.18. The number of hydrogen-bond acceptors (Lipinski definition) is 2. The van der Waals surface area contributed by atoms with Gasteiger partial charge in [-0.25, -0.2) is 0 Å². The third kappa shape index (κ3) is 4.20. The Morgan fingerprint density at radius 1 is 1.47 bits per heavy atom. The molecule has 15 heavy (non-hydrogen) atoms. The van der Waals surface area contributed by atoms with E-state index in [9.17, 15) is 4.79 Å². The van der Waals surface area contributed by atoms with Gasteiger partial charge in [0, 0.05) is 0 Å². The van der Waals surface area contributed by atoms with E-state index in [1.54, 1.807) is 0 Å². The quantitative estimate of drug-likeness (QED) is 0.689. The summed E-state index contributed by atoms with van der Waals surface area (Å²) in [6.07, 6.45) is 5.49. The van der Waals surface area contributed by atoms with Crippen LogP contribution >= 0.6 is 0 Å². The molecular weight excluding hydrogens is 190 g/mol. The summed E-state index contributed by atoms with van der Waals surface area (Å²) in [5.74, 6) is 0.121. The molecular formula is C12H23NO2. The van der Waals surface area contributed by atoms with Gasteiger partial charge in [-0.1, -0.05) is 26.7 Å². The molecule has 0 aromatic rings. The topological polar surface area (TPSA) is 40.5 Å². The van der Waals surface area contributed by atoms with E-state index in [-0.39, 0.29) is 6.04 Å². The van der Waals surface area contributed by atoms with Gasteiger partial charge >= 0.3 is 5.97 Å². The van der Waals surface area contributed by atoms with Crippen molar-refractivity contribution in [2.75, 3.05) is 13.1 Å². The Labute approximate surface area is 92.5 Å². The Hall–Kier alpha value is -0.570. The molecule has 1 aliphatic heterocycles. The fourth-order valence-corrected chi connectivity index (χ4v) is 2.24. The summed E-state index contributed by atoms with van der Waals surface area (Å²) in [5.41, 5.74) is 0. The maximum atomic E-state index is 10.9. The molecule has 1 rings (SSSR count). The van der Waals surface area contributed by atoms with E-state index >= 15 is 0 Å². The normalized spacial score (nSPS) is 22.5. The van der Waals surface area contributed by atoms with Gasteiger partial charge in [-0.3, -0.25) is 9.69 Å². The van der Waals surface area contributed by atoms with Crippen molar-refractivity contribution in [3.63, 3.8) is 0 Å². The maximum absolute atomic E-state index is 10.9. The number of likely N-dealkylation sites (tertiary alicyclic amines) is 1. The second kappa shape index (κ2) is 6.11. The predicted octanol–water partition coefficient (Wildman–Crippen LogP) is 2.36. The van der Waals surface area contributed by atoms with Gasteiger partial charge in [-0.2, -0.15) is 0 Å². The predicted molar refractivity (Wildman–Crippen MR) is 60.9 cm³/mol.